The minimum Gasteiger partial charge on any atom is -0.393 e. The number of hydrogen-bond acceptors (Lipinski definition) is 10. The number of nitrogens with two attached hydrogens (primary N) is 1. The largest absolute Gasteiger partial charge is 0.393 e. The van der Waals surface area contributed by atoms with E-state index in [0.29, 0.717) is 24.7 Å². The fourth-order valence-electron chi connectivity index (χ4n) is 4.29. The van der Waals surface area contributed by atoms with Crippen LogP contribution in [-0.2, 0) is 25.6 Å². The van der Waals surface area contributed by atoms with E-state index >= 15 is 0 Å². The molecule has 2 aromatic rings. The number of nitrogens with zero attached hydrogens (tertiary/aromatic N) is 3. The molecule has 0 radical (unpaired) electrons. The van der Waals surface area contributed by atoms with E-state index in [9.17, 15) is 13.5 Å². The van der Waals surface area contributed by atoms with Crippen molar-refractivity contribution in [3.63, 3.8) is 0 Å². The van der Waals surface area contributed by atoms with Crippen LogP contribution in [-0.4, -0.2) is 60.4 Å². The number of benzene rings is 1. The molecule has 2 aliphatic rings. The molecule has 0 unspecified atom stereocenters. The van der Waals surface area contributed by atoms with Crippen molar-refractivity contribution < 1.29 is 22.4 Å². The Kier molecular flexibility index (Phi) is 6.34. The lowest BCUT2D eigenvalue weighted by Crippen LogP contribution is -2.25. The summed E-state index contributed by atoms with van der Waals surface area (Å²) >= 11 is 0. The maximum Gasteiger partial charge on any atom is 0.333 e. The lowest BCUT2D eigenvalue weighted by atomic mass is 10.1. The molecule has 0 amide bonds. The van der Waals surface area contributed by atoms with Gasteiger partial charge >= 0.3 is 10.3 Å². The van der Waals surface area contributed by atoms with E-state index in [-0.39, 0.29) is 30.7 Å². The minimum absolute atomic E-state index is 0.0323. The molecule has 1 saturated carbocycles. The third-order valence-electron chi connectivity index (χ3n) is 5.78. The highest BCUT2D eigenvalue weighted by Gasteiger charge is 2.35. The monoisotopic (exact) mass is 450 g/mol. The molecule has 11 nitrogen and oxygen atoms in total. The van der Waals surface area contributed by atoms with E-state index in [4.69, 9.17) is 9.88 Å². The number of anilines is 2. The SMILES string of the molecule is CO[C@H]1Cc2ccccc2[C@H]1Nc1ncnc(N[C@@H]2C[C@@H](COS(N)(=O)=O)[C@@H](O)C2)n1. The third kappa shape index (κ3) is 5.28. The first-order chi connectivity index (χ1) is 14.8. The Morgan fingerprint density at radius 2 is 1.94 bits per heavy atom. The minimum atomic E-state index is -4.04. The van der Waals surface area contributed by atoms with Crippen LogP contribution in [0.25, 0.3) is 0 Å². The fourth-order valence-corrected chi connectivity index (χ4v) is 4.65. The summed E-state index contributed by atoms with van der Waals surface area (Å²) in [4.78, 5) is 12.8. The second kappa shape index (κ2) is 9.01. The first-order valence-corrected chi connectivity index (χ1v) is 11.5. The molecule has 1 fully saturated rings. The molecular weight excluding hydrogens is 424 g/mol. The zero-order valence-electron chi connectivity index (χ0n) is 17.0. The van der Waals surface area contributed by atoms with Gasteiger partial charge < -0.3 is 20.5 Å². The zero-order chi connectivity index (χ0) is 22.0. The number of aliphatic hydroxyl groups excluding tert-OH is 1. The first kappa shape index (κ1) is 21.8. The predicted molar refractivity (Wildman–Crippen MR) is 112 cm³/mol. The van der Waals surface area contributed by atoms with Crippen LogP contribution in [0.2, 0.25) is 0 Å². The van der Waals surface area contributed by atoms with Crippen LogP contribution >= 0.6 is 0 Å². The van der Waals surface area contributed by atoms with Gasteiger partial charge in [0.1, 0.15) is 6.33 Å². The Bertz CT molecular complexity index is 1020. The second-order valence-corrected chi connectivity index (χ2v) is 9.07. The van der Waals surface area contributed by atoms with E-state index in [1.807, 2.05) is 12.1 Å². The maximum atomic E-state index is 11.0. The van der Waals surface area contributed by atoms with Gasteiger partial charge in [-0.25, -0.2) is 15.1 Å². The Hall–Kier alpha value is -2.38. The summed E-state index contributed by atoms with van der Waals surface area (Å²) in [6.07, 6.45) is 2.38. The van der Waals surface area contributed by atoms with Crippen LogP contribution in [0.5, 0.6) is 0 Å². The number of ether oxygens (including phenoxy) is 1. The Balaban J connectivity index is 1.40. The number of methoxy groups -OCH3 is 1. The number of nitrogens with one attached hydrogen (secondary N) is 2. The van der Waals surface area contributed by atoms with Gasteiger partial charge in [-0.3, -0.25) is 4.18 Å². The van der Waals surface area contributed by atoms with Crippen molar-refractivity contribution in [2.75, 3.05) is 24.4 Å². The Morgan fingerprint density at radius 3 is 2.68 bits per heavy atom. The van der Waals surface area contributed by atoms with Crippen LogP contribution < -0.4 is 15.8 Å². The summed E-state index contributed by atoms with van der Waals surface area (Å²) in [5.74, 6) is 0.421. The van der Waals surface area contributed by atoms with E-state index in [0.717, 1.165) is 12.0 Å². The van der Waals surface area contributed by atoms with E-state index in [1.165, 1.54) is 11.9 Å². The fraction of sp³-hybridized carbons (Fsp3) is 0.526. The number of rotatable bonds is 8. The molecule has 1 aromatic heterocycles. The van der Waals surface area contributed by atoms with Gasteiger partial charge in [0.15, 0.2) is 0 Å². The summed E-state index contributed by atoms with van der Waals surface area (Å²) < 4.78 is 32.2. The number of aliphatic hydroxyl groups is 1. The van der Waals surface area contributed by atoms with Crippen molar-refractivity contribution in [3.05, 3.63) is 41.7 Å². The molecule has 1 aromatic carbocycles. The highest BCUT2D eigenvalue weighted by atomic mass is 32.2. The van der Waals surface area contributed by atoms with Gasteiger partial charge in [-0.15, -0.1) is 0 Å². The van der Waals surface area contributed by atoms with Crippen LogP contribution in [0.4, 0.5) is 11.9 Å². The summed E-state index contributed by atoms with van der Waals surface area (Å²) in [7, 11) is -2.35. The van der Waals surface area contributed by atoms with Crippen LogP contribution in [0.15, 0.2) is 30.6 Å². The second-order valence-electron chi connectivity index (χ2n) is 7.85. The summed E-state index contributed by atoms with van der Waals surface area (Å²) in [6, 6.07) is 7.94. The molecule has 31 heavy (non-hydrogen) atoms. The number of aromatic nitrogens is 3. The van der Waals surface area contributed by atoms with Crippen molar-refractivity contribution in [3.8, 4) is 0 Å². The van der Waals surface area contributed by atoms with E-state index in [1.54, 1.807) is 7.11 Å². The van der Waals surface area contributed by atoms with Gasteiger partial charge in [0.2, 0.25) is 11.9 Å². The van der Waals surface area contributed by atoms with Crippen molar-refractivity contribution >= 4 is 22.2 Å². The highest BCUT2D eigenvalue weighted by Crippen LogP contribution is 2.35. The summed E-state index contributed by atoms with van der Waals surface area (Å²) in [6.45, 7) is -0.165. The van der Waals surface area contributed by atoms with E-state index in [2.05, 4.69) is 41.9 Å². The molecule has 4 rings (SSSR count). The topological polar surface area (TPSA) is 162 Å². The summed E-state index contributed by atoms with van der Waals surface area (Å²) in [5, 5.41) is 21.6. The molecule has 0 bridgehead atoms. The van der Waals surface area contributed by atoms with Crippen molar-refractivity contribution in [2.24, 2.45) is 11.1 Å². The lowest BCUT2D eigenvalue weighted by molar-refractivity contribution is 0.0958. The van der Waals surface area contributed by atoms with Gasteiger partial charge in [-0.05, 0) is 24.0 Å². The van der Waals surface area contributed by atoms with Crippen LogP contribution in [0.1, 0.15) is 30.0 Å². The molecule has 0 spiro atoms. The van der Waals surface area contributed by atoms with Crippen LogP contribution in [0, 0.1) is 5.92 Å². The zero-order valence-corrected chi connectivity index (χ0v) is 17.8. The van der Waals surface area contributed by atoms with Gasteiger partial charge in [0, 0.05) is 25.5 Å². The maximum absolute atomic E-state index is 11.0. The average Bonchev–Trinajstić information content (AvgIpc) is 3.26. The molecule has 5 N–H and O–H groups in total. The van der Waals surface area contributed by atoms with Gasteiger partial charge in [0.25, 0.3) is 0 Å². The molecular formula is C19H26N6O5S. The number of fused-ring (bicyclic) bond motifs is 1. The first-order valence-electron chi connectivity index (χ1n) is 10.0. The molecule has 5 atom stereocenters. The molecule has 2 aliphatic carbocycles. The smallest absolute Gasteiger partial charge is 0.333 e. The quantitative estimate of drug-likeness (QED) is 0.442. The Labute approximate surface area is 180 Å². The molecule has 168 valence electrons. The predicted octanol–water partition coefficient (Wildman–Crippen LogP) is 0.367. The van der Waals surface area contributed by atoms with Gasteiger partial charge in [-0.1, -0.05) is 24.3 Å². The molecule has 0 saturated heterocycles. The van der Waals surface area contributed by atoms with Crippen LogP contribution in [0.3, 0.4) is 0 Å². The molecule has 0 aliphatic heterocycles. The Morgan fingerprint density at radius 1 is 1.19 bits per heavy atom. The van der Waals surface area contributed by atoms with Gasteiger partial charge in [-0.2, -0.15) is 13.4 Å². The van der Waals surface area contributed by atoms with Crippen molar-refractivity contribution in [2.45, 2.75) is 43.6 Å². The molecule has 1 heterocycles. The van der Waals surface area contributed by atoms with Gasteiger partial charge in [0.05, 0.1) is 24.9 Å². The lowest BCUT2D eigenvalue weighted by Gasteiger charge is -2.21. The standard InChI is InChI=1S/C19H26N6O5S/c1-29-16-7-11-4-2-3-5-14(11)17(16)24-19-22-10-21-18(25-19)23-13-6-12(15(26)8-13)9-30-31(20,27)28/h2-5,10,12-13,15-17,26H,6-9H2,1H3,(H2,20,27,28)(H2,21,22,23,24,25)/t12-,13+,15-,16-,17+/m0/s1. The molecule has 12 heteroatoms. The van der Waals surface area contributed by atoms with E-state index < -0.39 is 16.4 Å². The highest BCUT2D eigenvalue weighted by molar-refractivity contribution is 7.84. The van der Waals surface area contributed by atoms with Crippen molar-refractivity contribution in [1.82, 2.24) is 15.0 Å². The normalized spacial score (nSPS) is 27.8. The number of hydrogen-bond donors (Lipinski definition) is 4. The average molecular weight is 451 g/mol. The third-order valence-corrected chi connectivity index (χ3v) is 6.24. The van der Waals surface area contributed by atoms with Crippen molar-refractivity contribution in [1.29, 1.82) is 0 Å². The summed E-state index contributed by atoms with van der Waals surface area (Å²) in [5.41, 5.74) is 2.38.